The Bertz CT molecular complexity index is 574. The largest absolute Gasteiger partial charge is 0.481 e. The van der Waals surface area contributed by atoms with Crippen LogP contribution in [0.2, 0.25) is 0 Å². The van der Waals surface area contributed by atoms with Crippen molar-refractivity contribution < 1.29 is 9.90 Å². The molecule has 0 aliphatic carbocycles. The van der Waals surface area contributed by atoms with Gasteiger partial charge in [0.1, 0.15) is 18.7 Å². The van der Waals surface area contributed by atoms with Crippen molar-refractivity contribution >= 4 is 5.97 Å². The fourth-order valence-electron chi connectivity index (χ4n) is 1.82. The number of nitrogens with zero attached hydrogens (tertiary/aromatic N) is 6. The molecule has 2 aromatic rings. The van der Waals surface area contributed by atoms with Crippen molar-refractivity contribution in [2.45, 2.75) is 39.8 Å². The monoisotopic (exact) mass is 278 g/mol. The molecule has 0 spiro atoms. The van der Waals surface area contributed by atoms with Crippen molar-refractivity contribution in [3.63, 3.8) is 0 Å². The summed E-state index contributed by atoms with van der Waals surface area (Å²) in [6.07, 6.45) is 3.72. The van der Waals surface area contributed by atoms with E-state index in [2.05, 4.69) is 34.2 Å². The summed E-state index contributed by atoms with van der Waals surface area (Å²) in [4.78, 5) is 14.7. The summed E-state index contributed by atoms with van der Waals surface area (Å²) in [6.45, 7) is 5.51. The third kappa shape index (κ3) is 3.87. The van der Waals surface area contributed by atoms with E-state index in [1.807, 2.05) is 4.68 Å². The molecule has 108 valence electrons. The van der Waals surface area contributed by atoms with Crippen LogP contribution in [0.25, 0.3) is 0 Å². The van der Waals surface area contributed by atoms with E-state index in [9.17, 15) is 4.79 Å². The second kappa shape index (κ2) is 6.27. The highest BCUT2D eigenvalue weighted by Crippen LogP contribution is 2.04. The van der Waals surface area contributed by atoms with Gasteiger partial charge in [0.05, 0.1) is 12.1 Å². The maximum atomic E-state index is 10.5. The van der Waals surface area contributed by atoms with Gasteiger partial charge in [-0.25, -0.2) is 14.3 Å². The Morgan fingerprint density at radius 1 is 1.45 bits per heavy atom. The molecule has 0 radical (unpaired) electrons. The lowest BCUT2D eigenvalue weighted by Gasteiger charge is -2.07. The molecule has 0 saturated heterocycles. The van der Waals surface area contributed by atoms with Crippen LogP contribution in [0.5, 0.6) is 0 Å². The summed E-state index contributed by atoms with van der Waals surface area (Å²) in [7, 11) is 0. The third-order valence-corrected chi connectivity index (χ3v) is 2.72. The van der Waals surface area contributed by atoms with E-state index in [0.717, 1.165) is 12.4 Å². The van der Waals surface area contributed by atoms with Gasteiger partial charge in [0.2, 0.25) is 0 Å². The normalized spacial score (nSPS) is 11.2. The maximum absolute atomic E-state index is 10.5. The molecule has 0 atom stereocenters. The number of carboxylic acids is 1. The summed E-state index contributed by atoms with van der Waals surface area (Å²) < 4.78 is 3.50. The second-order valence-electron chi connectivity index (χ2n) is 5.05. The zero-order valence-electron chi connectivity index (χ0n) is 11.6. The van der Waals surface area contributed by atoms with E-state index in [-0.39, 0.29) is 6.42 Å². The minimum atomic E-state index is -0.837. The molecule has 0 bridgehead atoms. The quantitative estimate of drug-likeness (QED) is 0.796. The van der Waals surface area contributed by atoms with Crippen molar-refractivity contribution in [1.29, 1.82) is 0 Å². The van der Waals surface area contributed by atoms with Crippen LogP contribution in [0.3, 0.4) is 0 Å². The summed E-state index contributed by atoms with van der Waals surface area (Å²) >= 11 is 0. The second-order valence-corrected chi connectivity index (χ2v) is 5.05. The highest BCUT2D eigenvalue weighted by Gasteiger charge is 2.09. The van der Waals surface area contributed by atoms with Crippen molar-refractivity contribution in [2.24, 2.45) is 5.92 Å². The Balaban J connectivity index is 2.00. The average molecular weight is 278 g/mol. The van der Waals surface area contributed by atoms with Crippen molar-refractivity contribution in [1.82, 2.24) is 29.8 Å². The molecule has 20 heavy (non-hydrogen) atoms. The molecule has 8 nitrogen and oxygen atoms in total. The Morgan fingerprint density at radius 2 is 2.25 bits per heavy atom. The predicted molar refractivity (Wildman–Crippen MR) is 69.9 cm³/mol. The summed E-state index contributed by atoms with van der Waals surface area (Å²) in [5.74, 6) is 0.460. The lowest BCUT2D eigenvalue weighted by molar-refractivity contribution is -0.136. The Kier molecular flexibility index (Phi) is 4.44. The van der Waals surface area contributed by atoms with Crippen LogP contribution in [0, 0.1) is 5.92 Å². The highest BCUT2D eigenvalue weighted by atomic mass is 16.4. The SMILES string of the molecule is CC(C)Cn1ncnc1Cn1cc(CCC(=O)O)nn1. The molecule has 2 rings (SSSR count). The van der Waals surface area contributed by atoms with Gasteiger partial charge in [-0.05, 0) is 5.92 Å². The summed E-state index contributed by atoms with van der Waals surface area (Å²) in [6, 6.07) is 0. The number of aliphatic carboxylic acids is 1. The number of carboxylic acid groups (broad SMARTS) is 1. The first-order valence-corrected chi connectivity index (χ1v) is 6.52. The molecule has 0 fully saturated rings. The maximum Gasteiger partial charge on any atom is 0.303 e. The first-order chi connectivity index (χ1) is 9.54. The Hall–Kier alpha value is -2.25. The fourth-order valence-corrected chi connectivity index (χ4v) is 1.82. The number of aromatic nitrogens is 6. The fraction of sp³-hybridized carbons (Fsp3) is 0.583. The first-order valence-electron chi connectivity index (χ1n) is 6.52. The van der Waals surface area contributed by atoms with Crippen molar-refractivity contribution in [2.75, 3.05) is 0 Å². The molecule has 0 saturated carbocycles. The van der Waals surface area contributed by atoms with Crippen LogP contribution >= 0.6 is 0 Å². The number of carbonyl (C=O) groups is 1. The highest BCUT2D eigenvalue weighted by molar-refractivity contribution is 5.66. The van der Waals surface area contributed by atoms with Crippen LogP contribution in [-0.2, 0) is 24.3 Å². The molecule has 0 aliphatic heterocycles. The standard InChI is InChI=1S/C12H18N6O2/c1-9(2)5-18-11(13-8-14-18)7-17-6-10(15-16-17)3-4-12(19)20/h6,8-9H,3-5,7H2,1-2H3,(H,19,20). The summed E-state index contributed by atoms with van der Waals surface area (Å²) in [5.41, 5.74) is 0.669. The zero-order valence-corrected chi connectivity index (χ0v) is 11.6. The number of rotatable bonds is 7. The van der Waals surface area contributed by atoms with Gasteiger partial charge in [-0.1, -0.05) is 19.1 Å². The molecule has 0 aromatic carbocycles. The van der Waals surface area contributed by atoms with E-state index in [1.165, 1.54) is 6.33 Å². The molecule has 0 amide bonds. The van der Waals surface area contributed by atoms with Gasteiger partial charge >= 0.3 is 5.97 Å². The number of hydrogen-bond donors (Lipinski definition) is 1. The number of aryl methyl sites for hydroxylation is 1. The van der Waals surface area contributed by atoms with Gasteiger partial charge in [0.25, 0.3) is 0 Å². The minimum Gasteiger partial charge on any atom is -0.481 e. The van der Waals surface area contributed by atoms with Gasteiger partial charge < -0.3 is 5.11 Å². The van der Waals surface area contributed by atoms with E-state index < -0.39 is 5.97 Å². The molecule has 1 N–H and O–H groups in total. The molecular formula is C12H18N6O2. The van der Waals surface area contributed by atoms with Gasteiger partial charge in [-0.2, -0.15) is 5.10 Å². The molecular weight excluding hydrogens is 260 g/mol. The van der Waals surface area contributed by atoms with Crippen LogP contribution in [0.15, 0.2) is 12.5 Å². The average Bonchev–Trinajstić information content (AvgIpc) is 2.97. The number of hydrogen-bond acceptors (Lipinski definition) is 5. The minimum absolute atomic E-state index is 0.0578. The Labute approximate surface area is 116 Å². The molecule has 0 unspecified atom stereocenters. The molecule has 8 heteroatoms. The van der Waals surface area contributed by atoms with Crippen molar-refractivity contribution in [3.05, 3.63) is 24.0 Å². The molecule has 2 heterocycles. The van der Waals surface area contributed by atoms with Crippen LogP contribution < -0.4 is 0 Å². The summed E-state index contributed by atoms with van der Waals surface area (Å²) in [5, 5.41) is 20.8. The predicted octanol–water partition coefficient (Wildman–Crippen LogP) is 0.591. The van der Waals surface area contributed by atoms with Crippen molar-refractivity contribution in [3.8, 4) is 0 Å². The van der Waals surface area contributed by atoms with Crippen LogP contribution in [0.1, 0.15) is 31.8 Å². The topological polar surface area (TPSA) is 98.7 Å². The third-order valence-electron chi connectivity index (χ3n) is 2.72. The van der Waals surface area contributed by atoms with E-state index in [1.54, 1.807) is 10.9 Å². The molecule has 2 aromatic heterocycles. The Morgan fingerprint density at radius 3 is 2.95 bits per heavy atom. The molecule has 0 aliphatic rings. The van der Waals surface area contributed by atoms with Gasteiger partial charge in [-0.15, -0.1) is 5.10 Å². The van der Waals surface area contributed by atoms with Crippen LogP contribution in [-0.4, -0.2) is 40.8 Å². The van der Waals surface area contributed by atoms with Gasteiger partial charge in [-0.3, -0.25) is 4.79 Å². The zero-order chi connectivity index (χ0) is 14.5. The van der Waals surface area contributed by atoms with E-state index in [0.29, 0.717) is 24.6 Å². The van der Waals surface area contributed by atoms with Gasteiger partial charge in [0.15, 0.2) is 0 Å². The van der Waals surface area contributed by atoms with E-state index >= 15 is 0 Å². The smallest absolute Gasteiger partial charge is 0.303 e. The van der Waals surface area contributed by atoms with Crippen LogP contribution in [0.4, 0.5) is 0 Å². The lowest BCUT2D eigenvalue weighted by atomic mass is 10.2. The van der Waals surface area contributed by atoms with E-state index in [4.69, 9.17) is 5.11 Å². The lowest BCUT2D eigenvalue weighted by Crippen LogP contribution is -2.13. The first kappa shape index (κ1) is 14.2. The van der Waals surface area contributed by atoms with Gasteiger partial charge in [0, 0.05) is 19.2 Å².